The van der Waals surface area contributed by atoms with Crippen LogP contribution < -0.4 is 9.31 Å². The summed E-state index contributed by atoms with van der Waals surface area (Å²) in [4.78, 5) is 0. The van der Waals surface area contributed by atoms with Gasteiger partial charge in [0, 0.05) is 31.3 Å². The lowest BCUT2D eigenvalue weighted by molar-refractivity contribution is 0.309. The molecule has 26 heavy (non-hydrogen) atoms. The van der Waals surface area contributed by atoms with Crippen molar-refractivity contribution >= 4 is 21.4 Å². The average molecular weight is 382 g/mol. The fraction of sp³-hybridized carbons (Fsp3) is 0.579. The molecule has 0 spiro atoms. The monoisotopic (exact) mass is 381 g/mol. The summed E-state index contributed by atoms with van der Waals surface area (Å²) in [5.74, 6) is 0.119. The molecule has 1 aliphatic carbocycles. The van der Waals surface area contributed by atoms with E-state index in [9.17, 15) is 12.8 Å². The van der Waals surface area contributed by atoms with Gasteiger partial charge in [-0.1, -0.05) is 19.3 Å². The molecule has 7 heteroatoms. The zero-order valence-electron chi connectivity index (χ0n) is 15.8. The van der Waals surface area contributed by atoms with Gasteiger partial charge >= 0.3 is 0 Å². The number of benzene rings is 1. The van der Waals surface area contributed by atoms with Crippen LogP contribution in [0.4, 0.5) is 15.8 Å². The number of hydrogen-bond donors (Lipinski definition) is 0. The summed E-state index contributed by atoms with van der Waals surface area (Å²) >= 11 is 0. The van der Waals surface area contributed by atoms with Gasteiger partial charge in [-0.2, -0.15) is 0 Å². The quantitative estimate of drug-likeness (QED) is 0.779. The SMILES string of the molecule is CCN(c1cc(F)ccc1N1CC=C(C2CCCCC2)N1C)S(C)(=O)=O. The largest absolute Gasteiger partial charge is 0.292 e. The van der Waals surface area contributed by atoms with Gasteiger partial charge in [0.25, 0.3) is 0 Å². The van der Waals surface area contributed by atoms with Crippen LogP contribution in [-0.4, -0.2) is 39.8 Å². The smallest absolute Gasteiger partial charge is 0.232 e. The Labute approximate surface area is 156 Å². The van der Waals surface area contributed by atoms with Crippen molar-refractivity contribution in [1.29, 1.82) is 0 Å². The van der Waals surface area contributed by atoms with Crippen molar-refractivity contribution in [3.05, 3.63) is 35.8 Å². The summed E-state index contributed by atoms with van der Waals surface area (Å²) in [7, 11) is -1.47. The molecule has 0 atom stereocenters. The van der Waals surface area contributed by atoms with Gasteiger partial charge in [-0.05, 0) is 38.0 Å². The molecule has 0 aromatic heterocycles. The van der Waals surface area contributed by atoms with Gasteiger partial charge in [-0.25, -0.2) is 12.8 Å². The summed E-state index contributed by atoms with van der Waals surface area (Å²) in [5, 5.41) is 4.15. The molecule has 3 rings (SSSR count). The molecule has 0 unspecified atom stereocenters. The van der Waals surface area contributed by atoms with Gasteiger partial charge in [-0.15, -0.1) is 0 Å². The predicted molar refractivity (Wildman–Crippen MR) is 104 cm³/mol. The fourth-order valence-corrected chi connectivity index (χ4v) is 5.13. The van der Waals surface area contributed by atoms with Gasteiger partial charge in [0.05, 0.1) is 24.2 Å². The van der Waals surface area contributed by atoms with Crippen molar-refractivity contribution in [2.24, 2.45) is 5.92 Å². The maximum absolute atomic E-state index is 13.9. The Morgan fingerprint density at radius 1 is 1.23 bits per heavy atom. The molecule has 1 aromatic rings. The maximum atomic E-state index is 13.9. The molecule has 0 saturated heterocycles. The standard InChI is InChI=1S/C19H28FN3O2S/c1-4-23(26(3,24)25)19-14-16(20)10-11-18(19)22-13-12-17(21(22)2)15-8-6-5-7-9-15/h10-12,14-15H,4-9,13H2,1-3H3. The van der Waals surface area contributed by atoms with Crippen molar-refractivity contribution in [2.75, 3.05) is 35.7 Å². The van der Waals surface area contributed by atoms with Crippen LogP contribution in [0.15, 0.2) is 30.0 Å². The van der Waals surface area contributed by atoms with Crippen LogP contribution in [0.25, 0.3) is 0 Å². The molecular formula is C19H28FN3O2S. The van der Waals surface area contributed by atoms with Crippen molar-refractivity contribution < 1.29 is 12.8 Å². The molecule has 0 amide bonds. The number of halogens is 1. The molecule has 1 aromatic carbocycles. The number of nitrogens with zero attached hydrogens (tertiary/aromatic N) is 3. The van der Waals surface area contributed by atoms with Crippen LogP contribution in [-0.2, 0) is 10.0 Å². The van der Waals surface area contributed by atoms with Crippen molar-refractivity contribution in [1.82, 2.24) is 5.01 Å². The van der Waals surface area contributed by atoms with Crippen LogP contribution in [0.5, 0.6) is 0 Å². The Balaban J connectivity index is 1.93. The van der Waals surface area contributed by atoms with E-state index in [1.54, 1.807) is 13.0 Å². The zero-order valence-corrected chi connectivity index (χ0v) is 16.6. The van der Waals surface area contributed by atoms with E-state index in [2.05, 4.69) is 11.1 Å². The lowest BCUT2D eigenvalue weighted by Gasteiger charge is -2.37. The van der Waals surface area contributed by atoms with E-state index in [1.165, 1.54) is 54.2 Å². The highest BCUT2D eigenvalue weighted by atomic mass is 32.2. The number of anilines is 2. The number of hydrogen-bond acceptors (Lipinski definition) is 4. The first kappa shape index (κ1) is 19.0. The number of rotatable bonds is 5. The number of hydrazine groups is 1. The maximum Gasteiger partial charge on any atom is 0.232 e. The van der Waals surface area contributed by atoms with E-state index in [0.717, 1.165) is 6.26 Å². The molecule has 5 nitrogen and oxygen atoms in total. The first-order valence-corrected chi connectivity index (χ1v) is 11.2. The predicted octanol–water partition coefficient (Wildman–Crippen LogP) is 3.74. The Hall–Kier alpha value is -1.76. The Bertz CT molecular complexity index is 788. The molecule has 1 saturated carbocycles. The summed E-state index contributed by atoms with van der Waals surface area (Å²) in [6.45, 7) is 2.69. The highest BCUT2D eigenvalue weighted by Crippen LogP contribution is 2.39. The fourth-order valence-electron chi connectivity index (χ4n) is 4.16. The second kappa shape index (κ2) is 7.47. The lowest BCUT2D eigenvalue weighted by Crippen LogP contribution is -2.38. The van der Waals surface area contributed by atoms with E-state index >= 15 is 0 Å². The molecule has 144 valence electrons. The first-order valence-electron chi connectivity index (χ1n) is 9.31. The minimum Gasteiger partial charge on any atom is -0.292 e. The van der Waals surface area contributed by atoms with E-state index < -0.39 is 15.8 Å². The van der Waals surface area contributed by atoms with Crippen LogP contribution in [0.1, 0.15) is 39.0 Å². The van der Waals surface area contributed by atoms with Crippen LogP contribution >= 0.6 is 0 Å². The molecule has 1 aliphatic heterocycles. The van der Waals surface area contributed by atoms with E-state index in [0.29, 0.717) is 23.8 Å². The Morgan fingerprint density at radius 3 is 2.54 bits per heavy atom. The summed E-state index contributed by atoms with van der Waals surface area (Å²) < 4.78 is 39.6. The third-order valence-electron chi connectivity index (χ3n) is 5.40. The highest BCUT2D eigenvalue weighted by molar-refractivity contribution is 7.92. The summed E-state index contributed by atoms with van der Waals surface area (Å²) in [6, 6.07) is 4.38. The van der Waals surface area contributed by atoms with Crippen molar-refractivity contribution in [2.45, 2.75) is 39.0 Å². The Morgan fingerprint density at radius 2 is 1.92 bits per heavy atom. The van der Waals surface area contributed by atoms with Gasteiger partial charge in [0.2, 0.25) is 10.0 Å². The van der Waals surface area contributed by atoms with Crippen LogP contribution in [0.2, 0.25) is 0 Å². The summed E-state index contributed by atoms with van der Waals surface area (Å²) in [5.41, 5.74) is 2.39. The van der Waals surface area contributed by atoms with E-state index in [-0.39, 0.29) is 6.54 Å². The third-order valence-corrected chi connectivity index (χ3v) is 6.66. The number of allylic oxidation sites excluding steroid dienone is 1. The van der Waals surface area contributed by atoms with Gasteiger partial charge < -0.3 is 0 Å². The van der Waals surface area contributed by atoms with Gasteiger partial charge in [-0.3, -0.25) is 14.3 Å². The summed E-state index contributed by atoms with van der Waals surface area (Å²) in [6.07, 6.45) is 9.60. The van der Waals surface area contributed by atoms with Crippen LogP contribution in [0.3, 0.4) is 0 Å². The third kappa shape index (κ3) is 3.68. The number of sulfonamides is 1. The second-order valence-electron chi connectivity index (χ2n) is 7.13. The second-order valence-corrected chi connectivity index (χ2v) is 9.04. The van der Waals surface area contributed by atoms with E-state index in [1.807, 2.05) is 12.1 Å². The van der Waals surface area contributed by atoms with E-state index in [4.69, 9.17) is 0 Å². The highest BCUT2D eigenvalue weighted by Gasteiger charge is 2.31. The molecule has 2 aliphatic rings. The minimum atomic E-state index is -3.48. The lowest BCUT2D eigenvalue weighted by atomic mass is 9.87. The van der Waals surface area contributed by atoms with Gasteiger partial charge in [0.1, 0.15) is 5.82 Å². The molecule has 0 N–H and O–H groups in total. The molecule has 1 heterocycles. The first-order chi connectivity index (χ1) is 12.3. The topological polar surface area (TPSA) is 43.9 Å². The van der Waals surface area contributed by atoms with Gasteiger partial charge in [0.15, 0.2) is 0 Å². The zero-order chi connectivity index (χ0) is 18.9. The molecule has 1 fully saturated rings. The molecule has 0 radical (unpaired) electrons. The van der Waals surface area contributed by atoms with Crippen molar-refractivity contribution in [3.8, 4) is 0 Å². The average Bonchev–Trinajstić information content (AvgIpc) is 2.97. The minimum absolute atomic E-state index is 0.260. The normalized spacial score (nSPS) is 19.0. The molecular weight excluding hydrogens is 353 g/mol. The molecule has 0 bridgehead atoms. The van der Waals surface area contributed by atoms with Crippen molar-refractivity contribution in [3.63, 3.8) is 0 Å². The Kier molecular flexibility index (Phi) is 5.46. The van der Waals surface area contributed by atoms with Crippen LogP contribution in [0, 0.1) is 11.7 Å².